The normalized spacial score (nSPS) is 14.6. The van der Waals surface area contributed by atoms with Gasteiger partial charge in [-0.05, 0) is 79.3 Å². The number of anilines is 3. The van der Waals surface area contributed by atoms with E-state index in [9.17, 15) is 14.4 Å². The van der Waals surface area contributed by atoms with Crippen LogP contribution in [0.1, 0.15) is 35.0 Å². The van der Waals surface area contributed by atoms with Crippen molar-refractivity contribution in [1.82, 2.24) is 10.2 Å². The van der Waals surface area contributed by atoms with E-state index in [4.69, 9.17) is 21.5 Å². The molecule has 0 spiro atoms. The first-order valence-corrected chi connectivity index (χ1v) is 14.1. The fourth-order valence-corrected chi connectivity index (χ4v) is 5.07. The number of hydrogen-bond donors (Lipinski definition) is 2. The molecule has 1 aliphatic rings. The van der Waals surface area contributed by atoms with Crippen molar-refractivity contribution in [2.24, 2.45) is 7.05 Å². The molecule has 5 rings (SSSR count). The van der Waals surface area contributed by atoms with Crippen molar-refractivity contribution in [2.75, 3.05) is 22.1 Å². The van der Waals surface area contributed by atoms with Gasteiger partial charge in [0.25, 0.3) is 17.5 Å². The molecule has 220 valence electrons. The van der Waals surface area contributed by atoms with Gasteiger partial charge in [0.2, 0.25) is 11.2 Å². The van der Waals surface area contributed by atoms with Crippen molar-refractivity contribution in [3.8, 4) is 5.75 Å². The van der Waals surface area contributed by atoms with E-state index in [2.05, 4.69) is 15.9 Å². The first-order valence-electron chi connectivity index (χ1n) is 13.7. The van der Waals surface area contributed by atoms with E-state index >= 15 is 0 Å². The Morgan fingerprint density at radius 2 is 1.72 bits per heavy atom. The SMILES string of the molecule is CCOc1ccc(NC(=O)CC2C(=O)N(c3ccc(C)cc3)C(=S)N2Cc2c(NC(=O)c3ccccc3)on[n+]2C)cc1. The zero-order valence-corrected chi connectivity index (χ0v) is 24.8. The Labute approximate surface area is 254 Å². The van der Waals surface area contributed by atoms with E-state index in [0.29, 0.717) is 35.0 Å². The van der Waals surface area contributed by atoms with Gasteiger partial charge in [0.1, 0.15) is 18.3 Å². The van der Waals surface area contributed by atoms with E-state index in [1.807, 2.05) is 44.2 Å². The van der Waals surface area contributed by atoms with Gasteiger partial charge in [0.15, 0.2) is 12.2 Å². The van der Waals surface area contributed by atoms with Crippen LogP contribution in [0.25, 0.3) is 0 Å². The highest BCUT2D eigenvalue weighted by atomic mass is 32.1. The van der Waals surface area contributed by atoms with Crippen molar-refractivity contribution >= 4 is 52.3 Å². The van der Waals surface area contributed by atoms with E-state index in [0.717, 1.165) is 5.56 Å². The minimum absolute atomic E-state index is 0.0400. The predicted molar refractivity (Wildman–Crippen MR) is 164 cm³/mol. The Kier molecular flexibility index (Phi) is 8.77. The number of aryl methyl sites for hydroxylation is 2. The molecule has 1 unspecified atom stereocenters. The van der Waals surface area contributed by atoms with E-state index < -0.39 is 6.04 Å². The van der Waals surface area contributed by atoms with Crippen LogP contribution in [0.3, 0.4) is 0 Å². The molecular weight excluding hydrogens is 568 g/mol. The van der Waals surface area contributed by atoms with Crippen molar-refractivity contribution in [1.29, 1.82) is 0 Å². The lowest BCUT2D eigenvalue weighted by Gasteiger charge is -2.22. The molecule has 3 aromatic carbocycles. The molecule has 2 N–H and O–H groups in total. The number of nitrogens with zero attached hydrogens (tertiary/aromatic N) is 4. The quantitative estimate of drug-likeness (QED) is 0.207. The molecule has 2 heterocycles. The Balaban J connectivity index is 1.41. The van der Waals surface area contributed by atoms with Crippen LogP contribution in [0.15, 0.2) is 83.4 Å². The number of rotatable bonds is 10. The highest BCUT2D eigenvalue weighted by molar-refractivity contribution is 7.80. The lowest BCUT2D eigenvalue weighted by atomic mass is 10.1. The smallest absolute Gasteiger partial charge is 0.307 e. The third kappa shape index (κ3) is 6.54. The number of aromatic nitrogens is 2. The standard InChI is InChI=1S/C31H30N6O5S/c1-4-41-24-16-12-22(13-17-24)32-27(38)18-25-30(40)37(23-14-10-20(2)11-15-23)31(43)36(25)19-26-29(42-34-35(26)3)33-28(39)21-8-6-5-7-9-21/h5-17,25H,4,18-19H2,1-3H3,(H-,32,33,34,38,39)/p+1. The lowest BCUT2D eigenvalue weighted by molar-refractivity contribution is -0.746. The summed E-state index contributed by atoms with van der Waals surface area (Å²) < 4.78 is 12.4. The Hall–Kier alpha value is -5.10. The summed E-state index contributed by atoms with van der Waals surface area (Å²) in [6, 6.07) is 22.1. The molecule has 1 saturated heterocycles. The van der Waals surface area contributed by atoms with Crippen LogP contribution in [-0.4, -0.2) is 45.7 Å². The van der Waals surface area contributed by atoms with Crippen molar-refractivity contribution in [2.45, 2.75) is 32.9 Å². The van der Waals surface area contributed by atoms with Gasteiger partial charge in [-0.3, -0.25) is 29.1 Å². The first-order chi connectivity index (χ1) is 20.7. The van der Waals surface area contributed by atoms with Crippen LogP contribution < -0.4 is 25.0 Å². The largest absolute Gasteiger partial charge is 0.494 e. The van der Waals surface area contributed by atoms with Gasteiger partial charge in [0, 0.05) is 11.3 Å². The van der Waals surface area contributed by atoms with E-state index in [1.165, 1.54) is 9.58 Å². The second-order valence-electron chi connectivity index (χ2n) is 9.94. The maximum absolute atomic E-state index is 13.9. The molecule has 1 atom stereocenters. The zero-order valence-electron chi connectivity index (χ0n) is 23.9. The highest BCUT2D eigenvalue weighted by Crippen LogP contribution is 2.30. The number of benzene rings is 3. The summed E-state index contributed by atoms with van der Waals surface area (Å²) in [6.07, 6.45) is -0.171. The van der Waals surface area contributed by atoms with Crippen LogP contribution in [0.5, 0.6) is 5.75 Å². The van der Waals surface area contributed by atoms with Crippen molar-refractivity contribution in [3.05, 3.63) is 95.7 Å². The second-order valence-corrected chi connectivity index (χ2v) is 10.3. The molecule has 3 amide bonds. The van der Waals surface area contributed by atoms with Crippen LogP contribution in [0.4, 0.5) is 17.3 Å². The zero-order chi connectivity index (χ0) is 30.5. The Morgan fingerprint density at radius 3 is 2.40 bits per heavy atom. The molecule has 1 fully saturated rings. The minimum atomic E-state index is -0.927. The third-order valence-electron chi connectivity index (χ3n) is 6.93. The van der Waals surface area contributed by atoms with Crippen LogP contribution in [0, 0.1) is 6.92 Å². The monoisotopic (exact) mass is 599 g/mol. The Bertz CT molecular complexity index is 1640. The Morgan fingerprint density at radius 1 is 1.02 bits per heavy atom. The number of nitrogens with one attached hydrogen (secondary N) is 2. The number of thiocarbonyl (C=S) groups is 1. The maximum Gasteiger partial charge on any atom is 0.307 e. The molecule has 0 saturated carbocycles. The fraction of sp³-hybridized carbons (Fsp3) is 0.226. The molecule has 43 heavy (non-hydrogen) atoms. The molecule has 1 aromatic heterocycles. The van der Waals surface area contributed by atoms with Gasteiger partial charge < -0.3 is 15.0 Å². The van der Waals surface area contributed by atoms with Gasteiger partial charge in [-0.25, -0.2) is 0 Å². The van der Waals surface area contributed by atoms with Gasteiger partial charge in [-0.2, -0.15) is 0 Å². The molecule has 4 aromatic rings. The molecule has 12 heteroatoms. The predicted octanol–water partition coefficient (Wildman–Crippen LogP) is 3.99. The summed E-state index contributed by atoms with van der Waals surface area (Å²) in [5.74, 6) is -0.296. The molecule has 0 aliphatic carbocycles. The van der Waals surface area contributed by atoms with Crippen LogP contribution in [-0.2, 0) is 23.2 Å². The summed E-state index contributed by atoms with van der Waals surface area (Å²) in [5, 5.41) is 9.79. The summed E-state index contributed by atoms with van der Waals surface area (Å²) in [5.41, 5.74) is 3.09. The minimum Gasteiger partial charge on any atom is -0.494 e. The average molecular weight is 600 g/mol. The van der Waals surface area contributed by atoms with Crippen LogP contribution >= 0.6 is 12.2 Å². The summed E-state index contributed by atoms with van der Waals surface area (Å²) in [4.78, 5) is 43.0. The van der Waals surface area contributed by atoms with Gasteiger partial charge >= 0.3 is 5.88 Å². The third-order valence-corrected chi connectivity index (χ3v) is 7.35. The van der Waals surface area contributed by atoms with E-state index in [-0.39, 0.29) is 41.7 Å². The van der Waals surface area contributed by atoms with Crippen LogP contribution in [0.2, 0.25) is 0 Å². The topological polar surface area (TPSA) is 121 Å². The maximum atomic E-state index is 13.9. The lowest BCUT2D eigenvalue weighted by Crippen LogP contribution is -2.43. The van der Waals surface area contributed by atoms with Gasteiger partial charge in [-0.1, -0.05) is 35.9 Å². The molecule has 1 aliphatic heterocycles. The highest BCUT2D eigenvalue weighted by Gasteiger charge is 2.46. The summed E-state index contributed by atoms with van der Waals surface area (Å²) in [6.45, 7) is 4.41. The molecule has 0 bridgehead atoms. The number of ether oxygens (including phenoxy) is 1. The number of amides is 3. The van der Waals surface area contributed by atoms with Crippen molar-refractivity contribution in [3.63, 3.8) is 0 Å². The summed E-state index contributed by atoms with van der Waals surface area (Å²) in [7, 11) is 1.66. The molecule has 11 nitrogen and oxygen atoms in total. The number of hydrogen-bond acceptors (Lipinski definition) is 7. The first kappa shape index (κ1) is 29.4. The van der Waals surface area contributed by atoms with E-state index in [1.54, 1.807) is 60.5 Å². The molecular formula is C31H31N6O5S+. The average Bonchev–Trinajstić information content (AvgIpc) is 3.46. The fourth-order valence-electron chi connectivity index (χ4n) is 4.68. The number of carbonyl (C=O) groups excluding carboxylic acids is 3. The summed E-state index contributed by atoms with van der Waals surface area (Å²) >= 11 is 5.81. The van der Waals surface area contributed by atoms with Crippen molar-refractivity contribution < 1.29 is 28.3 Å². The van der Waals surface area contributed by atoms with Gasteiger partial charge in [0.05, 0.1) is 18.7 Å². The van der Waals surface area contributed by atoms with Gasteiger partial charge in [-0.15, -0.1) is 0 Å². The second kappa shape index (κ2) is 12.8. The number of carbonyl (C=O) groups is 3. The molecule has 0 radical (unpaired) electrons.